The highest BCUT2D eigenvalue weighted by Gasteiger charge is 2.20. The second kappa shape index (κ2) is 6.42. The van der Waals surface area contributed by atoms with E-state index in [-0.39, 0.29) is 0 Å². The van der Waals surface area contributed by atoms with Crippen molar-refractivity contribution < 1.29 is 9.90 Å². The fourth-order valence-electron chi connectivity index (χ4n) is 2.90. The van der Waals surface area contributed by atoms with Crippen LogP contribution in [0.1, 0.15) is 42.5 Å². The standard InChI is InChI=1S/C15H20BrNO2/c1-17(10-11-6-3-2-4-7-11)13-9-5-8-12(16)14(13)15(18)19/h5,8-9,11H,2-4,6-7,10H2,1H3,(H,18,19). The maximum atomic E-state index is 11.4. The molecule has 3 nitrogen and oxygen atoms in total. The van der Waals surface area contributed by atoms with Gasteiger partial charge in [0, 0.05) is 18.1 Å². The Balaban J connectivity index is 2.16. The molecule has 0 aromatic heterocycles. The molecule has 19 heavy (non-hydrogen) atoms. The zero-order valence-corrected chi connectivity index (χ0v) is 12.8. The van der Waals surface area contributed by atoms with Crippen LogP contribution in [0.15, 0.2) is 22.7 Å². The number of anilines is 1. The van der Waals surface area contributed by atoms with Crippen LogP contribution in [0.5, 0.6) is 0 Å². The van der Waals surface area contributed by atoms with Crippen molar-refractivity contribution in [3.63, 3.8) is 0 Å². The van der Waals surface area contributed by atoms with Crippen LogP contribution in [0.4, 0.5) is 5.69 Å². The first-order valence-electron chi connectivity index (χ1n) is 6.82. The first-order chi connectivity index (χ1) is 9.09. The van der Waals surface area contributed by atoms with Crippen LogP contribution in [-0.4, -0.2) is 24.7 Å². The van der Waals surface area contributed by atoms with Crippen LogP contribution in [0.25, 0.3) is 0 Å². The van der Waals surface area contributed by atoms with Gasteiger partial charge in [-0.25, -0.2) is 4.79 Å². The summed E-state index contributed by atoms with van der Waals surface area (Å²) in [6.07, 6.45) is 6.49. The van der Waals surface area contributed by atoms with Crippen molar-refractivity contribution >= 4 is 27.6 Å². The van der Waals surface area contributed by atoms with Crippen LogP contribution < -0.4 is 4.90 Å². The number of aromatic carboxylic acids is 1. The molecule has 0 aliphatic heterocycles. The third-order valence-corrected chi connectivity index (χ3v) is 4.53. The number of carbonyl (C=O) groups is 1. The number of rotatable bonds is 4. The summed E-state index contributed by atoms with van der Waals surface area (Å²) in [4.78, 5) is 13.5. The van der Waals surface area contributed by atoms with Gasteiger partial charge in [-0.05, 0) is 46.8 Å². The monoisotopic (exact) mass is 325 g/mol. The fraction of sp³-hybridized carbons (Fsp3) is 0.533. The average Bonchev–Trinajstić information content (AvgIpc) is 2.39. The largest absolute Gasteiger partial charge is 0.478 e. The molecule has 0 saturated heterocycles. The highest BCUT2D eigenvalue weighted by molar-refractivity contribution is 9.10. The van der Waals surface area contributed by atoms with Gasteiger partial charge in [0.1, 0.15) is 0 Å². The van der Waals surface area contributed by atoms with E-state index in [0.29, 0.717) is 16.0 Å². The molecule has 1 aliphatic rings. The minimum Gasteiger partial charge on any atom is -0.478 e. The summed E-state index contributed by atoms with van der Waals surface area (Å²) in [5.74, 6) is -0.183. The number of benzene rings is 1. The number of halogens is 1. The van der Waals surface area contributed by atoms with E-state index in [4.69, 9.17) is 0 Å². The summed E-state index contributed by atoms with van der Waals surface area (Å²) in [5.41, 5.74) is 1.16. The van der Waals surface area contributed by atoms with E-state index in [1.165, 1.54) is 32.1 Å². The van der Waals surface area contributed by atoms with Crippen molar-refractivity contribution in [3.8, 4) is 0 Å². The minimum absolute atomic E-state index is 0.362. The molecule has 0 spiro atoms. The van der Waals surface area contributed by atoms with Crippen LogP contribution in [0, 0.1) is 5.92 Å². The molecule has 104 valence electrons. The van der Waals surface area contributed by atoms with Crippen molar-refractivity contribution in [3.05, 3.63) is 28.2 Å². The highest BCUT2D eigenvalue weighted by Crippen LogP contribution is 2.30. The second-order valence-electron chi connectivity index (χ2n) is 5.32. The molecule has 4 heteroatoms. The Hall–Kier alpha value is -1.03. The lowest BCUT2D eigenvalue weighted by atomic mass is 9.89. The van der Waals surface area contributed by atoms with Crippen molar-refractivity contribution in [2.24, 2.45) is 5.92 Å². The van der Waals surface area contributed by atoms with Gasteiger partial charge in [0.2, 0.25) is 0 Å². The molecular formula is C15H20BrNO2. The zero-order valence-electron chi connectivity index (χ0n) is 11.2. The number of hydrogen-bond acceptors (Lipinski definition) is 2. The number of nitrogens with zero attached hydrogens (tertiary/aromatic N) is 1. The SMILES string of the molecule is CN(CC1CCCCC1)c1cccc(Br)c1C(=O)O. The fourth-order valence-corrected chi connectivity index (χ4v) is 3.42. The summed E-state index contributed by atoms with van der Waals surface area (Å²) >= 11 is 3.33. The predicted octanol–water partition coefficient (Wildman–Crippen LogP) is 4.16. The van der Waals surface area contributed by atoms with Crippen LogP contribution >= 0.6 is 15.9 Å². The van der Waals surface area contributed by atoms with Crippen LogP contribution in [-0.2, 0) is 0 Å². The van der Waals surface area contributed by atoms with Crippen molar-refractivity contribution in [2.75, 3.05) is 18.5 Å². The molecule has 1 saturated carbocycles. The van der Waals surface area contributed by atoms with E-state index >= 15 is 0 Å². The molecule has 2 rings (SSSR count). The second-order valence-corrected chi connectivity index (χ2v) is 6.18. The van der Waals surface area contributed by atoms with Crippen molar-refractivity contribution in [2.45, 2.75) is 32.1 Å². The normalized spacial score (nSPS) is 16.3. The lowest BCUT2D eigenvalue weighted by Gasteiger charge is -2.29. The predicted molar refractivity (Wildman–Crippen MR) is 80.9 cm³/mol. The summed E-state index contributed by atoms with van der Waals surface area (Å²) in [6.45, 7) is 0.941. The summed E-state index contributed by atoms with van der Waals surface area (Å²) in [6, 6.07) is 5.56. The van der Waals surface area contributed by atoms with E-state index in [1.54, 1.807) is 6.07 Å². The molecule has 1 aliphatic carbocycles. The smallest absolute Gasteiger partial charge is 0.338 e. The molecular weight excluding hydrogens is 306 g/mol. The third-order valence-electron chi connectivity index (χ3n) is 3.87. The van der Waals surface area contributed by atoms with E-state index < -0.39 is 5.97 Å². The van der Waals surface area contributed by atoms with E-state index in [1.807, 2.05) is 19.2 Å². The van der Waals surface area contributed by atoms with E-state index in [2.05, 4.69) is 20.8 Å². The molecule has 0 bridgehead atoms. The number of carboxylic acid groups (broad SMARTS) is 1. The molecule has 1 fully saturated rings. The van der Waals surface area contributed by atoms with Crippen LogP contribution in [0.3, 0.4) is 0 Å². The average molecular weight is 326 g/mol. The first kappa shape index (κ1) is 14.4. The first-order valence-corrected chi connectivity index (χ1v) is 7.62. The molecule has 0 unspecified atom stereocenters. The Bertz CT molecular complexity index is 455. The molecule has 0 heterocycles. The van der Waals surface area contributed by atoms with Crippen molar-refractivity contribution in [1.29, 1.82) is 0 Å². The Morgan fingerprint density at radius 3 is 2.68 bits per heavy atom. The zero-order chi connectivity index (χ0) is 13.8. The summed E-state index contributed by atoms with van der Waals surface area (Å²) in [7, 11) is 1.99. The third kappa shape index (κ3) is 3.50. The molecule has 1 aromatic carbocycles. The summed E-state index contributed by atoms with van der Waals surface area (Å²) < 4.78 is 0.646. The molecule has 1 aromatic rings. The van der Waals surface area contributed by atoms with Gasteiger partial charge in [0.15, 0.2) is 0 Å². The van der Waals surface area contributed by atoms with E-state index in [9.17, 15) is 9.90 Å². The molecule has 0 atom stereocenters. The number of carboxylic acids is 1. The van der Waals surface area contributed by atoms with Gasteiger partial charge < -0.3 is 10.0 Å². The Kier molecular flexibility index (Phi) is 4.86. The van der Waals surface area contributed by atoms with Gasteiger partial charge in [-0.1, -0.05) is 25.3 Å². The van der Waals surface area contributed by atoms with Gasteiger partial charge in [0.05, 0.1) is 11.3 Å². The maximum absolute atomic E-state index is 11.4. The van der Waals surface area contributed by atoms with Gasteiger partial charge >= 0.3 is 5.97 Å². The Morgan fingerprint density at radius 2 is 2.05 bits per heavy atom. The highest BCUT2D eigenvalue weighted by atomic mass is 79.9. The van der Waals surface area contributed by atoms with E-state index in [0.717, 1.165) is 12.2 Å². The number of hydrogen-bond donors (Lipinski definition) is 1. The molecule has 0 radical (unpaired) electrons. The lowest BCUT2D eigenvalue weighted by Crippen LogP contribution is -2.28. The minimum atomic E-state index is -0.877. The summed E-state index contributed by atoms with van der Waals surface area (Å²) in [5, 5.41) is 9.34. The Morgan fingerprint density at radius 1 is 1.37 bits per heavy atom. The van der Waals surface area contributed by atoms with Gasteiger partial charge in [-0.2, -0.15) is 0 Å². The van der Waals surface area contributed by atoms with Crippen LogP contribution in [0.2, 0.25) is 0 Å². The molecule has 0 amide bonds. The topological polar surface area (TPSA) is 40.5 Å². The quantitative estimate of drug-likeness (QED) is 0.903. The van der Waals surface area contributed by atoms with Crippen molar-refractivity contribution in [1.82, 2.24) is 0 Å². The van der Waals surface area contributed by atoms with Gasteiger partial charge in [0.25, 0.3) is 0 Å². The van der Waals surface area contributed by atoms with Gasteiger partial charge in [-0.3, -0.25) is 0 Å². The maximum Gasteiger partial charge on any atom is 0.338 e. The van der Waals surface area contributed by atoms with Gasteiger partial charge in [-0.15, -0.1) is 0 Å². The molecule has 1 N–H and O–H groups in total. The lowest BCUT2D eigenvalue weighted by molar-refractivity contribution is 0.0696. The Labute approximate surface area is 122 Å².